The van der Waals surface area contributed by atoms with Gasteiger partial charge in [-0.3, -0.25) is 0 Å². The molecular weight excluding hydrogens is 500 g/mol. The molecule has 5 rings (SSSR count). The van der Waals surface area contributed by atoms with Gasteiger partial charge in [-0.05, 0) is 62.8 Å². The zero-order valence-electron chi connectivity index (χ0n) is 21.5. The number of epoxide rings is 2. The predicted octanol–water partition coefficient (Wildman–Crippen LogP) is 3.75. The van der Waals surface area contributed by atoms with Gasteiger partial charge in [0.2, 0.25) is 20.0 Å². The molecule has 2 saturated carbocycles. The molecule has 1 aromatic carbocycles. The highest BCUT2D eigenvalue weighted by Gasteiger charge is 2.42. The standard InChI is InChI=1S/C26H40N2O6S2/c1-19-13-25(35(29,30)27(15-23-17-33-23)16-24-18-34-24)20(2)26(14-19)36(31,32)28(21-9-5-3-6-10-21)22-11-7-4-8-12-22/h13-14,21-24H,3-12,15-18H2,1-2H3. The van der Waals surface area contributed by atoms with Crippen LogP contribution in [-0.2, 0) is 29.5 Å². The SMILES string of the molecule is Cc1cc(S(=O)(=O)N(CC2CO2)CC2CO2)c(C)c(S(=O)(=O)N(C2CCCCC2)C2CCCCC2)c1. The fourth-order valence-electron chi connectivity index (χ4n) is 6.02. The topological polar surface area (TPSA) is 99.8 Å². The van der Waals surface area contributed by atoms with Crippen molar-refractivity contribution in [3.05, 3.63) is 23.3 Å². The molecule has 0 radical (unpaired) electrons. The Bertz CT molecular complexity index is 1120. The average molecular weight is 541 g/mol. The Labute approximate surface area is 216 Å². The van der Waals surface area contributed by atoms with E-state index in [2.05, 4.69) is 0 Å². The van der Waals surface area contributed by atoms with Crippen LogP contribution in [0.15, 0.2) is 21.9 Å². The van der Waals surface area contributed by atoms with Crippen LogP contribution >= 0.6 is 0 Å². The maximum Gasteiger partial charge on any atom is 0.243 e. The molecule has 2 heterocycles. The first-order valence-electron chi connectivity index (χ1n) is 13.6. The Hall–Kier alpha value is -1.04. The molecule has 1 aromatic rings. The van der Waals surface area contributed by atoms with E-state index in [4.69, 9.17) is 9.47 Å². The lowest BCUT2D eigenvalue weighted by molar-refractivity contribution is 0.169. The van der Waals surface area contributed by atoms with Crippen LogP contribution in [0.5, 0.6) is 0 Å². The van der Waals surface area contributed by atoms with Gasteiger partial charge in [0, 0.05) is 25.2 Å². The molecule has 2 aliphatic carbocycles. The van der Waals surface area contributed by atoms with Crippen LogP contribution in [0.1, 0.15) is 75.3 Å². The lowest BCUT2D eigenvalue weighted by Gasteiger charge is -2.40. The summed E-state index contributed by atoms with van der Waals surface area (Å²) in [7, 11) is -7.81. The van der Waals surface area contributed by atoms with Gasteiger partial charge in [-0.1, -0.05) is 38.5 Å². The molecule has 8 nitrogen and oxygen atoms in total. The largest absolute Gasteiger partial charge is 0.372 e. The molecule has 2 unspecified atom stereocenters. The summed E-state index contributed by atoms with van der Waals surface area (Å²) in [6.07, 6.45) is 9.73. The Kier molecular flexibility index (Phi) is 7.83. The monoisotopic (exact) mass is 540 g/mol. The van der Waals surface area contributed by atoms with Crippen LogP contribution in [0, 0.1) is 13.8 Å². The van der Waals surface area contributed by atoms with E-state index in [9.17, 15) is 16.8 Å². The van der Waals surface area contributed by atoms with Crippen molar-refractivity contribution in [2.24, 2.45) is 0 Å². The lowest BCUT2D eigenvalue weighted by Crippen LogP contribution is -2.48. The first-order valence-corrected chi connectivity index (χ1v) is 16.4. The van der Waals surface area contributed by atoms with E-state index >= 15 is 0 Å². The van der Waals surface area contributed by atoms with Gasteiger partial charge >= 0.3 is 0 Å². The molecule has 2 saturated heterocycles. The fourth-order valence-corrected chi connectivity index (χ4v) is 10.2. The van der Waals surface area contributed by atoms with Crippen LogP contribution in [0.25, 0.3) is 0 Å². The minimum atomic E-state index is -3.93. The minimum absolute atomic E-state index is 0.0117. The van der Waals surface area contributed by atoms with E-state index in [0.29, 0.717) is 24.3 Å². The Balaban J connectivity index is 1.54. The summed E-state index contributed by atoms with van der Waals surface area (Å²) < 4.78 is 70.5. The van der Waals surface area contributed by atoms with Gasteiger partial charge in [0.05, 0.1) is 35.2 Å². The highest BCUT2D eigenvalue weighted by Crippen LogP contribution is 2.37. The summed E-state index contributed by atoms with van der Waals surface area (Å²) in [5.74, 6) is 0. The first-order chi connectivity index (χ1) is 17.2. The third-order valence-electron chi connectivity index (χ3n) is 8.12. The highest BCUT2D eigenvalue weighted by molar-refractivity contribution is 7.90. The van der Waals surface area contributed by atoms with Gasteiger partial charge < -0.3 is 9.47 Å². The van der Waals surface area contributed by atoms with Gasteiger partial charge in [0.1, 0.15) is 0 Å². The van der Waals surface area contributed by atoms with Crippen molar-refractivity contribution in [2.75, 3.05) is 26.3 Å². The quantitative estimate of drug-likeness (QED) is 0.419. The normalized spacial score (nSPS) is 26.0. The van der Waals surface area contributed by atoms with E-state index in [1.807, 2.05) is 0 Å². The van der Waals surface area contributed by atoms with E-state index < -0.39 is 20.0 Å². The van der Waals surface area contributed by atoms with Crippen molar-refractivity contribution in [3.8, 4) is 0 Å². The molecule has 36 heavy (non-hydrogen) atoms. The molecule has 0 amide bonds. The summed E-state index contributed by atoms with van der Waals surface area (Å²) >= 11 is 0. The third kappa shape index (κ3) is 5.68. The summed E-state index contributed by atoms with van der Waals surface area (Å²) in [5.41, 5.74) is 0.950. The summed E-state index contributed by atoms with van der Waals surface area (Å²) in [6.45, 7) is 5.03. The summed E-state index contributed by atoms with van der Waals surface area (Å²) in [6, 6.07) is 3.26. The number of sulfonamides is 2. The van der Waals surface area contributed by atoms with Crippen LogP contribution in [-0.4, -0.2) is 76.0 Å². The van der Waals surface area contributed by atoms with Gasteiger partial charge in [0.15, 0.2) is 0 Å². The second-order valence-corrected chi connectivity index (χ2v) is 14.8. The average Bonchev–Trinajstić information content (AvgIpc) is 3.78. The number of hydrogen-bond donors (Lipinski definition) is 0. The fraction of sp³-hybridized carbons (Fsp3) is 0.769. The Morgan fingerprint density at radius 3 is 1.56 bits per heavy atom. The molecular formula is C26H40N2O6S2. The maximum absolute atomic E-state index is 14.4. The van der Waals surface area contributed by atoms with E-state index in [0.717, 1.165) is 64.2 Å². The maximum atomic E-state index is 14.4. The van der Waals surface area contributed by atoms with Crippen LogP contribution < -0.4 is 0 Å². The zero-order valence-corrected chi connectivity index (χ0v) is 23.2. The molecule has 0 bridgehead atoms. The Morgan fingerprint density at radius 2 is 1.14 bits per heavy atom. The van der Waals surface area contributed by atoms with Crippen LogP contribution in [0.4, 0.5) is 0 Å². The minimum Gasteiger partial charge on any atom is -0.372 e. The van der Waals surface area contributed by atoms with Crippen molar-refractivity contribution in [1.29, 1.82) is 0 Å². The lowest BCUT2D eigenvalue weighted by atomic mass is 9.91. The van der Waals surface area contributed by atoms with Gasteiger partial charge in [-0.15, -0.1) is 0 Å². The smallest absolute Gasteiger partial charge is 0.243 e. The Morgan fingerprint density at radius 1 is 0.722 bits per heavy atom. The number of benzene rings is 1. The molecule has 2 atom stereocenters. The molecule has 0 aromatic heterocycles. The first kappa shape index (κ1) is 26.6. The number of aryl methyl sites for hydroxylation is 1. The van der Waals surface area contributed by atoms with E-state index in [-0.39, 0.29) is 47.2 Å². The highest BCUT2D eigenvalue weighted by atomic mass is 32.2. The van der Waals surface area contributed by atoms with Crippen molar-refractivity contribution in [1.82, 2.24) is 8.61 Å². The molecule has 0 N–H and O–H groups in total. The second-order valence-electron chi connectivity index (χ2n) is 11.0. The molecule has 2 aliphatic heterocycles. The molecule has 202 valence electrons. The molecule has 4 aliphatic rings. The molecule has 10 heteroatoms. The van der Waals surface area contributed by atoms with Crippen molar-refractivity contribution in [3.63, 3.8) is 0 Å². The van der Waals surface area contributed by atoms with Crippen LogP contribution in [0.2, 0.25) is 0 Å². The number of rotatable bonds is 10. The van der Waals surface area contributed by atoms with Crippen molar-refractivity contribution in [2.45, 2.75) is 112 Å². The van der Waals surface area contributed by atoms with Gasteiger partial charge in [-0.2, -0.15) is 8.61 Å². The van der Waals surface area contributed by atoms with E-state index in [1.165, 1.54) is 4.31 Å². The van der Waals surface area contributed by atoms with Gasteiger partial charge in [-0.25, -0.2) is 16.8 Å². The summed E-state index contributed by atoms with van der Waals surface area (Å²) in [5, 5.41) is 0. The number of hydrogen-bond acceptors (Lipinski definition) is 6. The molecule has 4 fully saturated rings. The molecule has 0 spiro atoms. The zero-order chi connectivity index (χ0) is 25.5. The van der Waals surface area contributed by atoms with Gasteiger partial charge in [0.25, 0.3) is 0 Å². The van der Waals surface area contributed by atoms with Crippen LogP contribution in [0.3, 0.4) is 0 Å². The number of nitrogens with zero attached hydrogens (tertiary/aromatic N) is 2. The summed E-state index contributed by atoms with van der Waals surface area (Å²) in [4.78, 5) is 0.220. The second kappa shape index (κ2) is 10.6. The predicted molar refractivity (Wildman–Crippen MR) is 137 cm³/mol. The number of ether oxygens (including phenoxy) is 2. The van der Waals surface area contributed by atoms with E-state index in [1.54, 1.807) is 30.3 Å². The van der Waals surface area contributed by atoms with Crippen molar-refractivity contribution < 1.29 is 26.3 Å². The van der Waals surface area contributed by atoms with Crippen molar-refractivity contribution >= 4 is 20.0 Å². The third-order valence-corrected chi connectivity index (χ3v) is 12.2.